The first kappa shape index (κ1) is 18.6. The lowest BCUT2D eigenvalue weighted by atomic mass is 9.85. The lowest BCUT2D eigenvalue weighted by molar-refractivity contribution is -0.0908. The molecule has 1 saturated heterocycles. The quantitative estimate of drug-likeness (QED) is 0.478. The van der Waals surface area contributed by atoms with Crippen molar-refractivity contribution in [1.82, 2.24) is 25.0 Å². The van der Waals surface area contributed by atoms with Crippen molar-refractivity contribution in [2.75, 3.05) is 19.7 Å². The molecule has 2 aliphatic rings. The Morgan fingerprint density at radius 1 is 1.16 bits per heavy atom. The number of hydrogen-bond acceptors (Lipinski definition) is 8. The molecule has 9 heteroatoms. The second kappa shape index (κ2) is 7.21. The van der Waals surface area contributed by atoms with Gasteiger partial charge in [0.2, 0.25) is 11.4 Å². The molecule has 6 rings (SSSR count). The fourth-order valence-electron chi connectivity index (χ4n) is 4.50. The highest BCUT2D eigenvalue weighted by Gasteiger charge is 2.44. The van der Waals surface area contributed by atoms with E-state index in [-0.39, 0.29) is 17.3 Å². The van der Waals surface area contributed by atoms with Crippen LogP contribution in [0.15, 0.2) is 47.5 Å². The van der Waals surface area contributed by atoms with Gasteiger partial charge in [-0.25, -0.2) is 4.98 Å². The average molecular weight is 433 g/mol. The van der Waals surface area contributed by atoms with E-state index >= 15 is 0 Å². The summed E-state index contributed by atoms with van der Waals surface area (Å²) in [6, 6.07) is 5.82. The summed E-state index contributed by atoms with van der Waals surface area (Å²) in [5.41, 5.74) is 2.31. The topological polar surface area (TPSA) is 94.2 Å². The fraction of sp³-hybridized carbons (Fsp3) is 0.318. The van der Waals surface area contributed by atoms with E-state index < -0.39 is 0 Å². The van der Waals surface area contributed by atoms with Crippen LogP contribution in [-0.4, -0.2) is 50.6 Å². The molecular weight excluding hydrogens is 414 g/mol. The van der Waals surface area contributed by atoms with Gasteiger partial charge < -0.3 is 14.2 Å². The molecule has 0 aromatic carbocycles. The Labute approximate surface area is 181 Å². The van der Waals surface area contributed by atoms with Crippen molar-refractivity contribution in [3.8, 4) is 10.6 Å². The van der Waals surface area contributed by atoms with Crippen LogP contribution in [0.25, 0.3) is 21.6 Å². The molecule has 1 fully saturated rings. The largest absolute Gasteiger partial charge is 0.369 e. The standard InChI is InChI=1S/C22H19N5O3S/c28-21(18-15-2-1-6-25-20(15)26-30-18)27-9-4-22(5-10-27)19-14(3-11-29-22)12-17(31-19)16-13-23-7-8-24-16/h1-2,6-8,12-13H,3-5,9-11H2. The van der Waals surface area contributed by atoms with Gasteiger partial charge in [0, 0.05) is 36.6 Å². The van der Waals surface area contributed by atoms with Crippen molar-refractivity contribution >= 4 is 28.3 Å². The van der Waals surface area contributed by atoms with Gasteiger partial charge in [-0.1, -0.05) is 5.16 Å². The molecule has 0 radical (unpaired) electrons. The number of piperidine rings is 1. The molecule has 1 spiro atoms. The van der Waals surface area contributed by atoms with Crippen molar-refractivity contribution in [2.45, 2.75) is 24.9 Å². The van der Waals surface area contributed by atoms with Gasteiger partial charge >= 0.3 is 0 Å². The number of nitrogens with zero attached hydrogens (tertiary/aromatic N) is 5. The van der Waals surface area contributed by atoms with Gasteiger partial charge in [0.25, 0.3) is 5.91 Å². The minimum atomic E-state index is -0.347. The summed E-state index contributed by atoms with van der Waals surface area (Å²) >= 11 is 1.74. The predicted molar refractivity (Wildman–Crippen MR) is 114 cm³/mol. The molecule has 2 aliphatic heterocycles. The van der Waals surface area contributed by atoms with Gasteiger partial charge in [0.1, 0.15) is 5.60 Å². The molecule has 0 saturated carbocycles. The number of pyridine rings is 1. The first-order chi connectivity index (χ1) is 15.2. The molecule has 4 aromatic heterocycles. The Bertz CT molecular complexity index is 1260. The molecular formula is C22H19N5O3S. The Morgan fingerprint density at radius 3 is 2.90 bits per heavy atom. The van der Waals surface area contributed by atoms with E-state index in [1.165, 1.54) is 10.4 Å². The lowest BCUT2D eigenvalue weighted by Crippen LogP contribution is -2.47. The maximum absolute atomic E-state index is 13.1. The molecule has 0 atom stereocenters. The Kier molecular flexibility index (Phi) is 4.32. The Hall–Kier alpha value is -3.17. The highest BCUT2D eigenvalue weighted by molar-refractivity contribution is 7.15. The van der Waals surface area contributed by atoms with Crippen LogP contribution in [0.3, 0.4) is 0 Å². The van der Waals surface area contributed by atoms with E-state index in [4.69, 9.17) is 9.26 Å². The average Bonchev–Trinajstić information content (AvgIpc) is 3.45. The summed E-state index contributed by atoms with van der Waals surface area (Å²) in [6.45, 7) is 1.88. The molecule has 8 nitrogen and oxygen atoms in total. The number of likely N-dealkylation sites (tertiary alicyclic amines) is 1. The summed E-state index contributed by atoms with van der Waals surface area (Å²) in [4.78, 5) is 30.1. The van der Waals surface area contributed by atoms with Gasteiger partial charge in [0.15, 0.2) is 0 Å². The van der Waals surface area contributed by atoms with E-state index in [1.54, 1.807) is 42.2 Å². The van der Waals surface area contributed by atoms with Crippen molar-refractivity contribution in [2.24, 2.45) is 0 Å². The van der Waals surface area contributed by atoms with Crippen LogP contribution in [0.5, 0.6) is 0 Å². The minimum Gasteiger partial charge on any atom is -0.369 e. The van der Waals surface area contributed by atoms with Crippen LogP contribution >= 0.6 is 11.3 Å². The van der Waals surface area contributed by atoms with Gasteiger partial charge in [-0.05, 0) is 43.0 Å². The summed E-state index contributed by atoms with van der Waals surface area (Å²) < 4.78 is 11.7. The smallest absolute Gasteiger partial charge is 0.293 e. The third kappa shape index (κ3) is 3.03. The number of fused-ring (bicyclic) bond motifs is 3. The van der Waals surface area contributed by atoms with Crippen molar-refractivity contribution in [3.05, 3.63) is 59.2 Å². The zero-order valence-corrected chi connectivity index (χ0v) is 17.5. The van der Waals surface area contributed by atoms with Gasteiger partial charge in [-0.3, -0.25) is 14.8 Å². The lowest BCUT2D eigenvalue weighted by Gasteiger charge is -2.43. The molecule has 156 valence electrons. The monoisotopic (exact) mass is 433 g/mol. The number of carbonyl (C=O) groups excluding carboxylic acids is 1. The zero-order valence-electron chi connectivity index (χ0n) is 16.7. The number of rotatable bonds is 2. The molecule has 4 aromatic rings. The van der Waals surface area contributed by atoms with Crippen LogP contribution in [0, 0.1) is 0 Å². The summed E-state index contributed by atoms with van der Waals surface area (Å²) in [5, 5.41) is 4.56. The third-order valence-corrected chi connectivity index (χ3v) is 7.48. The van der Waals surface area contributed by atoms with Crippen LogP contribution in [0.1, 0.15) is 33.8 Å². The molecule has 1 amide bonds. The highest BCUT2D eigenvalue weighted by atomic mass is 32.1. The summed E-state index contributed by atoms with van der Waals surface area (Å²) in [5.74, 6) is 0.109. The molecule has 31 heavy (non-hydrogen) atoms. The van der Waals surface area contributed by atoms with Gasteiger partial charge in [-0.2, -0.15) is 0 Å². The van der Waals surface area contributed by atoms with E-state index in [0.29, 0.717) is 30.7 Å². The van der Waals surface area contributed by atoms with Crippen LogP contribution in [-0.2, 0) is 16.8 Å². The third-order valence-electron chi connectivity index (χ3n) is 6.10. The molecule has 0 bridgehead atoms. The minimum absolute atomic E-state index is 0.146. The van der Waals surface area contributed by atoms with Crippen molar-refractivity contribution in [1.29, 1.82) is 0 Å². The van der Waals surface area contributed by atoms with E-state index in [0.717, 1.165) is 29.8 Å². The number of ether oxygens (including phenoxy) is 1. The second-order valence-corrected chi connectivity index (χ2v) is 8.88. The first-order valence-corrected chi connectivity index (χ1v) is 11.1. The fourth-order valence-corrected chi connectivity index (χ4v) is 5.87. The highest BCUT2D eigenvalue weighted by Crippen LogP contribution is 2.47. The van der Waals surface area contributed by atoms with Crippen molar-refractivity contribution < 1.29 is 14.1 Å². The van der Waals surface area contributed by atoms with E-state index in [2.05, 4.69) is 26.2 Å². The maximum Gasteiger partial charge on any atom is 0.293 e. The SMILES string of the molecule is O=C(c1onc2ncccc12)N1CCC2(CC1)OCCc1cc(-c3cnccn3)sc12. The Balaban J connectivity index is 1.25. The van der Waals surface area contributed by atoms with E-state index in [1.807, 2.05) is 11.0 Å². The molecule has 6 heterocycles. The van der Waals surface area contributed by atoms with Gasteiger partial charge in [0.05, 0.1) is 28.8 Å². The van der Waals surface area contributed by atoms with Crippen LogP contribution in [0.2, 0.25) is 0 Å². The first-order valence-electron chi connectivity index (χ1n) is 10.3. The molecule has 0 N–H and O–H groups in total. The summed E-state index contributed by atoms with van der Waals surface area (Å²) in [7, 11) is 0. The number of hydrogen-bond donors (Lipinski definition) is 0. The maximum atomic E-state index is 13.1. The normalized spacial score (nSPS) is 17.7. The van der Waals surface area contributed by atoms with Crippen LogP contribution in [0.4, 0.5) is 0 Å². The summed E-state index contributed by atoms with van der Waals surface area (Å²) in [6.07, 6.45) is 9.22. The van der Waals surface area contributed by atoms with E-state index in [9.17, 15) is 4.79 Å². The Morgan fingerprint density at radius 2 is 2.06 bits per heavy atom. The second-order valence-electron chi connectivity index (χ2n) is 7.83. The number of thiophene rings is 1. The van der Waals surface area contributed by atoms with Crippen LogP contribution < -0.4 is 0 Å². The number of aromatic nitrogens is 4. The zero-order chi connectivity index (χ0) is 20.8. The predicted octanol–water partition coefficient (Wildman–Crippen LogP) is 3.45. The molecule has 0 unspecified atom stereocenters. The van der Waals surface area contributed by atoms with Gasteiger partial charge in [-0.15, -0.1) is 11.3 Å². The number of amides is 1. The molecule has 0 aliphatic carbocycles. The van der Waals surface area contributed by atoms with Crippen molar-refractivity contribution in [3.63, 3.8) is 0 Å². The number of carbonyl (C=O) groups is 1.